The lowest BCUT2D eigenvalue weighted by Crippen LogP contribution is -2.05. The summed E-state index contributed by atoms with van der Waals surface area (Å²) in [7, 11) is 0. The van der Waals surface area contributed by atoms with Crippen molar-refractivity contribution in [3.05, 3.63) is 17.0 Å². The number of nitrogens with zero attached hydrogens (tertiary/aromatic N) is 2. The Kier molecular flexibility index (Phi) is 3.96. The lowest BCUT2D eigenvalue weighted by Gasteiger charge is -2.06. The number of halogens is 1. The minimum absolute atomic E-state index is 0.296. The SMILES string of the molecule is CCCCNc1nc(Cl)ncc1C. The summed E-state index contributed by atoms with van der Waals surface area (Å²) in [5, 5.41) is 3.52. The van der Waals surface area contributed by atoms with Gasteiger partial charge >= 0.3 is 0 Å². The van der Waals surface area contributed by atoms with Crippen LogP contribution in [0, 0.1) is 6.92 Å². The highest BCUT2D eigenvalue weighted by molar-refractivity contribution is 6.28. The van der Waals surface area contributed by atoms with Crippen molar-refractivity contribution >= 4 is 17.4 Å². The predicted octanol–water partition coefficient (Wildman–Crippen LogP) is 2.65. The first-order valence-corrected chi connectivity index (χ1v) is 4.85. The molecule has 0 amide bonds. The second-order valence-corrected chi connectivity index (χ2v) is 3.29. The average Bonchev–Trinajstić information content (AvgIpc) is 2.11. The molecule has 0 aliphatic heterocycles. The Morgan fingerprint density at radius 2 is 2.31 bits per heavy atom. The van der Waals surface area contributed by atoms with Gasteiger partial charge in [0.1, 0.15) is 5.82 Å². The van der Waals surface area contributed by atoms with E-state index >= 15 is 0 Å². The third-order valence-electron chi connectivity index (χ3n) is 1.77. The summed E-state index contributed by atoms with van der Waals surface area (Å²) in [6, 6.07) is 0. The Morgan fingerprint density at radius 3 is 3.00 bits per heavy atom. The van der Waals surface area contributed by atoms with Gasteiger partial charge in [-0.15, -0.1) is 0 Å². The predicted molar refractivity (Wildman–Crippen MR) is 55.2 cm³/mol. The molecule has 4 heteroatoms. The van der Waals surface area contributed by atoms with E-state index in [0.717, 1.165) is 24.3 Å². The number of aromatic nitrogens is 2. The van der Waals surface area contributed by atoms with E-state index in [0.29, 0.717) is 5.28 Å². The summed E-state index contributed by atoms with van der Waals surface area (Å²) in [5.74, 6) is 0.841. The Bertz CT molecular complexity index is 276. The zero-order valence-electron chi connectivity index (χ0n) is 7.97. The van der Waals surface area contributed by atoms with E-state index in [4.69, 9.17) is 11.6 Å². The van der Waals surface area contributed by atoms with Gasteiger partial charge in [0.2, 0.25) is 5.28 Å². The minimum atomic E-state index is 0.296. The molecule has 0 radical (unpaired) electrons. The zero-order valence-corrected chi connectivity index (χ0v) is 8.73. The Hall–Kier alpha value is -0.830. The molecule has 1 rings (SSSR count). The van der Waals surface area contributed by atoms with Crippen LogP contribution in [0.4, 0.5) is 5.82 Å². The van der Waals surface area contributed by atoms with E-state index < -0.39 is 0 Å². The van der Waals surface area contributed by atoms with Crippen LogP contribution in [0.1, 0.15) is 25.3 Å². The standard InChI is InChI=1S/C9H14ClN3/c1-3-4-5-11-8-7(2)6-12-9(10)13-8/h6H,3-5H2,1-2H3,(H,11,12,13). The zero-order chi connectivity index (χ0) is 9.68. The second-order valence-electron chi connectivity index (χ2n) is 2.95. The normalized spacial score (nSPS) is 10.1. The highest BCUT2D eigenvalue weighted by Crippen LogP contribution is 2.12. The number of hydrogen-bond donors (Lipinski definition) is 1. The quantitative estimate of drug-likeness (QED) is 0.599. The maximum atomic E-state index is 5.67. The molecule has 13 heavy (non-hydrogen) atoms. The largest absolute Gasteiger partial charge is 0.370 e. The van der Waals surface area contributed by atoms with Crippen LogP contribution in [-0.2, 0) is 0 Å². The topological polar surface area (TPSA) is 37.8 Å². The van der Waals surface area contributed by atoms with Crippen LogP contribution < -0.4 is 5.32 Å². The average molecular weight is 200 g/mol. The van der Waals surface area contributed by atoms with Crippen LogP contribution in [0.2, 0.25) is 5.28 Å². The van der Waals surface area contributed by atoms with E-state index in [2.05, 4.69) is 22.2 Å². The Morgan fingerprint density at radius 1 is 1.54 bits per heavy atom. The van der Waals surface area contributed by atoms with Gasteiger partial charge in [-0.2, -0.15) is 0 Å². The van der Waals surface area contributed by atoms with Gasteiger partial charge in [0.15, 0.2) is 0 Å². The molecule has 1 N–H and O–H groups in total. The minimum Gasteiger partial charge on any atom is -0.370 e. The smallest absolute Gasteiger partial charge is 0.224 e. The molecular weight excluding hydrogens is 186 g/mol. The first kappa shape index (κ1) is 10.3. The van der Waals surface area contributed by atoms with E-state index in [1.54, 1.807) is 6.20 Å². The van der Waals surface area contributed by atoms with Crippen molar-refractivity contribution in [3.8, 4) is 0 Å². The second kappa shape index (κ2) is 5.02. The molecule has 1 heterocycles. The summed E-state index contributed by atoms with van der Waals surface area (Å²) in [6.07, 6.45) is 4.04. The van der Waals surface area contributed by atoms with Gasteiger partial charge in [-0.05, 0) is 24.9 Å². The van der Waals surface area contributed by atoms with Crippen molar-refractivity contribution in [2.75, 3.05) is 11.9 Å². The highest BCUT2D eigenvalue weighted by atomic mass is 35.5. The van der Waals surface area contributed by atoms with Gasteiger partial charge in [0, 0.05) is 18.3 Å². The molecule has 0 saturated heterocycles. The maximum Gasteiger partial charge on any atom is 0.224 e. The fourth-order valence-corrected chi connectivity index (χ4v) is 1.12. The summed E-state index contributed by atoms with van der Waals surface area (Å²) in [5.41, 5.74) is 1.03. The number of aryl methyl sites for hydroxylation is 1. The summed E-state index contributed by atoms with van der Waals surface area (Å²) >= 11 is 5.67. The first-order valence-electron chi connectivity index (χ1n) is 4.47. The number of anilines is 1. The van der Waals surface area contributed by atoms with Crippen molar-refractivity contribution in [2.24, 2.45) is 0 Å². The van der Waals surface area contributed by atoms with Crippen LogP contribution in [-0.4, -0.2) is 16.5 Å². The molecule has 0 fully saturated rings. The Balaban J connectivity index is 2.59. The molecular formula is C9H14ClN3. The molecule has 1 aromatic rings. The highest BCUT2D eigenvalue weighted by Gasteiger charge is 2.00. The van der Waals surface area contributed by atoms with E-state index in [1.807, 2.05) is 6.92 Å². The molecule has 3 nitrogen and oxygen atoms in total. The maximum absolute atomic E-state index is 5.67. The molecule has 0 aliphatic carbocycles. The van der Waals surface area contributed by atoms with Crippen molar-refractivity contribution in [2.45, 2.75) is 26.7 Å². The summed E-state index contributed by atoms with van der Waals surface area (Å²) < 4.78 is 0. The van der Waals surface area contributed by atoms with Crippen LogP contribution in [0.3, 0.4) is 0 Å². The third-order valence-corrected chi connectivity index (χ3v) is 1.95. The van der Waals surface area contributed by atoms with Gasteiger partial charge < -0.3 is 5.32 Å². The van der Waals surface area contributed by atoms with E-state index in [9.17, 15) is 0 Å². The van der Waals surface area contributed by atoms with Crippen molar-refractivity contribution in [1.29, 1.82) is 0 Å². The van der Waals surface area contributed by atoms with E-state index in [-0.39, 0.29) is 0 Å². The van der Waals surface area contributed by atoms with Gasteiger partial charge in [-0.1, -0.05) is 13.3 Å². The van der Waals surface area contributed by atoms with Crippen molar-refractivity contribution < 1.29 is 0 Å². The fourth-order valence-electron chi connectivity index (χ4n) is 0.983. The molecule has 0 saturated carbocycles. The number of nitrogens with one attached hydrogen (secondary N) is 1. The van der Waals surface area contributed by atoms with Gasteiger partial charge in [0.25, 0.3) is 0 Å². The van der Waals surface area contributed by atoms with Gasteiger partial charge in [0.05, 0.1) is 0 Å². The van der Waals surface area contributed by atoms with Gasteiger partial charge in [-0.3, -0.25) is 0 Å². The molecule has 0 aliphatic rings. The van der Waals surface area contributed by atoms with Crippen LogP contribution in [0.15, 0.2) is 6.20 Å². The monoisotopic (exact) mass is 199 g/mol. The van der Waals surface area contributed by atoms with Gasteiger partial charge in [-0.25, -0.2) is 9.97 Å². The molecule has 1 aromatic heterocycles. The summed E-state index contributed by atoms with van der Waals surface area (Å²) in [4.78, 5) is 7.97. The number of hydrogen-bond acceptors (Lipinski definition) is 3. The molecule has 0 atom stereocenters. The molecule has 0 aromatic carbocycles. The fraction of sp³-hybridized carbons (Fsp3) is 0.556. The van der Waals surface area contributed by atoms with Crippen LogP contribution in [0.25, 0.3) is 0 Å². The summed E-state index contributed by atoms with van der Waals surface area (Å²) in [6.45, 7) is 5.05. The third kappa shape index (κ3) is 3.19. The van der Waals surface area contributed by atoms with Crippen molar-refractivity contribution in [1.82, 2.24) is 9.97 Å². The van der Waals surface area contributed by atoms with Crippen LogP contribution in [0.5, 0.6) is 0 Å². The lowest BCUT2D eigenvalue weighted by molar-refractivity contribution is 0.829. The first-order chi connectivity index (χ1) is 6.24. The van der Waals surface area contributed by atoms with E-state index in [1.165, 1.54) is 6.42 Å². The molecule has 0 spiro atoms. The molecule has 0 bridgehead atoms. The molecule has 0 unspecified atom stereocenters. The van der Waals surface area contributed by atoms with Crippen LogP contribution >= 0.6 is 11.6 Å². The lowest BCUT2D eigenvalue weighted by atomic mass is 10.3. The molecule has 72 valence electrons. The number of unbranched alkanes of at least 4 members (excludes halogenated alkanes) is 1. The number of rotatable bonds is 4. The van der Waals surface area contributed by atoms with Crippen molar-refractivity contribution in [3.63, 3.8) is 0 Å². The Labute approximate surface area is 83.5 Å².